The molecule has 3 heterocycles. The molecule has 7 rings (SSSR count). The van der Waals surface area contributed by atoms with E-state index in [2.05, 4.69) is 10.2 Å². The molecule has 8 nitrogen and oxygen atoms in total. The maximum Gasteiger partial charge on any atom is 0.414 e. The lowest BCUT2D eigenvalue weighted by atomic mass is 9.73. The normalized spacial score (nSPS) is 22.2. The molecule has 48 heavy (non-hydrogen) atoms. The Kier molecular flexibility index (Phi) is 7.99. The highest BCUT2D eigenvalue weighted by Crippen LogP contribution is 2.52. The number of amides is 2. The summed E-state index contributed by atoms with van der Waals surface area (Å²) in [6, 6.07) is 19.1. The molecule has 0 saturated carbocycles. The third-order valence-corrected chi connectivity index (χ3v) is 10.1. The smallest absolute Gasteiger partial charge is 0.414 e. The van der Waals surface area contributed by atoms with Crippen LogP contribution in [-0.2, 0) is 21.5 Å². The van der Waals surface area contributed by atoms with Crippen molar-refractivity contribution in [2.24, 2.45) is 0 Å². The first-order valence-electron chi connectivity index (χ1n) is 16.6. The van der Waals surface area contributed by atoms with Gasteiger partial charge in [-0.1, -0.05) is 36.4 Å². The number of anilines is 3. The third-order valence-electron chi connectivity index (χ3n) is 10.1. The Balaban J connectivity index is 1.09. The Bertz CT molecular complexity index is 1700. The topological polar surface area (TPSA) is 74.4 Å². The van der Waals surface area contributed by atoms with Crippen LogP contribution in [0.5, 0.6) is 0 Å². The fraction of sp³-hybridized carbons (Fsp3) is 0.459. The first kappa shape index (κ1) is 32.2. The summed E-state index contributed by atoms with van der Waals surface area (Å²) in [7, 11) is 0. The molecule has 2 fully saturated rings. The molecule has 3 aromatic carbocycles. The summed E-state index contributed by atoms with van der Waals surface area (Å²) in [4.78, 5) is 31.5. The van der Waals surface area contributed by atoms with Gasteiger partial charge in [-0.05, 0) is 87.1 Å². The maximum atomic E-state index is 14.7. The van der Waals surface area contributed by atoms with E-state index in [-0.39, 0.29) is 36.8 Å². The second kappa shape index (κ2) is 11.9. The molecule has 254 valence electrons. The van der Waals surface area contributed by atoms with Crippen molar-refractivity contribution in [2.75, 3.05) is 40.9 Å². The van der Waals surface area contributed by atoms with Crippen LogP contribution >= 0.6 is 0 Å². The highest BCUT2D eigenvalue weighted by atomic mass is 19.3. The van der Waals surface area contributed by atoms with Gasteiger partial charge < -0.3 is 24.6 Å². The van der Waals surface area contributed by atoms with Crippen molar-refractivity contribution >= 4 is 29.2 Å². The molecule has 2 saturated heterocycles. The minimum Gasteiger partial charge on any atom is -0.445 e. The standard InChI is InChI=1S/C37H41F3N4O4/c1-35(2,3)48-34(46)43-21-27-19-37(39,40)23-44(27)32-18-26(10-12-31(32)43)42-15-13-36(14-16-42)20-30(28-11-9-25(38)17-29(28)36)41-33(45)47-22-24-7-5-4-6-8-24/h4-12,17-18,27,30H,13-16,19-23H2,1-3H3,(H,41,45)/t27-,30?/m0/s1. The number of ether oxygens (including phenoxy) is 2. The van der Waals surface area contributed by atoms with Crippen LogP contribution in [0.2, 0.25) is 0 Å². The lowest BCUT2D eigenvalue weighted by Crippen LogP contribution is -2.49. The van der Waals surface area contributed by atoms with Crippen LogP contribution < -0.4 is 20.0 Å². The van der Waals surface area contributed by atoms with Gasteiger partial charge in [0.1, 0.15) is 18.0 Å². The van der Waals surface area contributed by atoms with Crippen LogP contribution in [0, 0.1) is 5.82 Å². The molecular weight excluding hydrogens is 621 g/mol. The number of fused-ring (bicyclic) bond motifs is 5. The minimum absolute atomic E-state index is 0.133. The Labute approximate surface area is 278 Å². The average molecular weight is 663 g/mol. The van der Waals surface area contributed by atoms with Gasteiger partial charge in [0.2, 0.25) is 0 Å². The molecule has 2 atom stereocenters. The van der Waals surface area contributed by atoms with Crippen molar-refractivity contribution in [3.05, 3.63) is 89.2 Å². The fourth-order valence-electron chi connectivity index (χ4n) is 7.91. The highest BCUT2D eigenvalue weighted by molar-refractivity contribution is 5.95. The monoisotopic (exact) mass is 662 g/mol. The fourth-order valence-corrected chi connectivity index (χ4v) is 7.91. The predicted molar refractivity (Wildman–Crippen MR) is 177 cm³/mol. The summed E-state index contributed by atoms with van der Waals surface area (Å²) >= 11 is 0. The molecule has 0 bridgehead atoms. The van der Waals surface area contributed by atoms with Crippen molar-refractivity contribution in [1.82, 2.24) is 5.32 Å². The maximum absolute atomic E-state index is 14.7. The number of halogens is 3. The lowest BCUT2D eigenvalue weighted by molar-refractivity contribution is 0.0223. The number of alkyl halides is 2. The SMILES string of the molecule is CC(C)(C)OC(=O)N1C[C@@H]2CC(F)(F)CN2c2cc(N3CCC4(CC3)CC(NC(=O)OCc3ccccc3)c3ccc(F)cc34)ccc21. The van der Waals surface area contributed by atoms with Crippen molar-refractivity contribution in [2.45, 2.75) is 82.1 Å². The van der Waals surface area contributed by atoms with E-state index in [1.54, 1.807) is 37.8 Å². The molecule has 4 aliphatic rings. The molecule has 3 aliphatic heterocycles. The van der Waals surface area contributed by atoms with E-state index >= 15 is 0 Å². The second-order valence-electron chi connectivity index (χ2n) is 14.6. The van der Waals surface area contributed by atoms with Gasteiger partial charge in [-0.2, -0.15) is 0 Å². The number of alkyl carbamates (subject to hydrolysis) is 1. The van der Waals surface area contributed by atoms with Gasteiger partial charge in [-0.15, -0.1) is 0 Å². The molecule has 2 amide bonds. The molecule has 1 aliphatic carbocycles. The largest absolute Gasteiger partial charge is 0.445 e. The molecule has 1 N–H and O–H groups in total. The molecule has 1 spiro atoms. The van der Waals surface area contributed by atoms with E-state index < -0.39 is 36.3 Å². The van der Waals surface area contributed by atoms with E-state index in [9.17, 15) is 22.8 Å². The quantitative estimate of drug-likeness (QED) is 0.309. The number of nitrogens with one attached hydrogen (secondary N) is 1. The predicted octanol–water partition coefficient (Wildman–Crippen LogP) is 7.70. The van der Waals surface area contributed by atoms with Crippen LogP contribution in [0.4, 0.5) is 39.8 Å². The number of carbonyl (C=O) groups is 2. The Morgan fingerprint density at radius 2 is 1.71 bits per heavy atom. The average Bonchev–Trinajstić information content (AvgIpc) is 3.51. The molecule has 0 radical (unpaired) electrons. The van der Waals surface area contributed by atoms with Crippen molar-refractivity contribution in [1.29, 1.82) is 0 Å². The number of nitrogens with zero attached hydrogens (tertiary/aromatic N) is 3. The van der Waals surface area contributed by atoms with Crippen molar-refractivity contribution in [3.63, 3.8) is 0 Å². The zero-order chi connectivity index (χ0) is 33.8. The highest BCUT2D eigenvalue weighted by Gasteiger charge is 2.50. The van der Waals surface area contributed by atoms with Crippen LogP contribution in [0.15, 0.2) is 66.7 Å². The Hall–Kier alpha value is -4.41. The second-order valence-corrected chi connectivity index (χ2v) is 14.6. The zero-order valence-corrected chi connectivity index (χ0v) is 27.5. The number of benzene rings is 3. The minimum atomic E-state index is -2.86. The number of carbonyl (C=O) groups excluding carboxylic acids is 2. The number of hydrogen-bond donors (Lipinski definition) is 1. The summed E-state index contributed by atoms with van der Waals surface area (Å²) in [6.45, 7) is 6.53. The van der Waals surface area contributed by atoms with E-state index in [4.69, 9.17) is 9.47 Å². The van der Waals surface area contributed by atoms with E-state index in [1.165, 1.54) is 11.0 Å². The van der Waals surface area contributed by atoms with Crippen LogP contribution in [0.3, 0.4) is 0 Å². The van der Waals surface area contributed by atoms with Gasteiger partial charge in [-0.3, -0.25) is 4.90 Å². The Morgan fingerprint density at radius 3 is 2.44 bits per heavy atom. The summed E-state index contributed by atoms with van der Waals surface area (Å²) in [5, 5.41) is 3.02. The molecular formula is C37H41F3N4O4. The van der Waals surface area contributed by atoms with Crippen LogP contribution in [0.1, 0.15) is 69.2 Å². The van der Waals surface area contributed by atoms with Gasteiger partial charge in [0.25, 0.3) is 5.92 Å². The van der Waals surface area contributed by atoms with Gasteiger partial charge in [-0.25, -0.2) is 22.8 Å². The molecule has 0 aromatic heterocycles. The van der Waals surface area contributed by atoms with E-state index in [1.807, 2.05) is 48.5 Å². The van der Waals surface area contributed by atoms with Gasteiger partial charge in [0, 0.05) is 37.2 Å². The summed E-state index contributed by atoms with van der Waals surface area (Å²) in [6.07, 6.45) is 0.657. The third kappa shape index (κ3) is 6.26. The van der Waals surface area contributed by atoms with Gasteiger partial charge in [0.15, 0.2) is 0 Å². The number of hydrogen-bond acceptors (Lipinski definition) is 6. The summed E-state index contributed by atoms with van der Waals surface area (Å²) in [5.74, 6) is -3.17. The van der Waals surface area contributed by atoms with Crippen LogP contribution in [0.25, 0.3) is 0 Å². The van der Waals surface area contributed by atoms with Crippen molar-refractivity contribution < 1.29 is 32.2 Å². The molecule has 1 unspecified atom stereocenters. The van der Waals surface area contributed by atoms with Crippen molar-refractivity contribution in [3.8, 4) is 0 Å². The zero-order valence-electron chi connectivity index (χ0n) is 27.5. The number of rotatable bonds is 4. The number of piperidine rings is 1. The first-order chi connectivity index (χ1) is 22.8. The van der Waals surface area contributed by atoms with Gasteiger partial charge in [0.05, 0.1) is 30.0 Å². The Morgan fingerprint density at radius 1 is 0.958 bits per heavy atom. The van der Waals surface area contributed by atoms with E-state index in [0.29, 0.717) is 43.7 Å². The summed E-state index contributed by atoms with van der Waals surface area (Å²) in [5.41, 5.74) is 3.67. The molecule has 3 aromatic rings. The molecule has 11 heteroatoms. The first-order valence-corrected chi connectivity index (χ1v) is 16.6. The lowest BCUT2D eigenvalue weighted by Gasteiger charge is -2.43. The van der Waals surface area contributed by atoms with E-state index in [0.717, 1.165) is 22.4 Å². The summed E-state index contributed by atoms with van der Waals surface area (Å²) < 4.78 is 55.2. The van der Waals surface area contributed by atoms with Gasteiger partial charge >= 0.3 is 12.2 Å². The van der Waals surface area contributed by atoms with Crippen LogP contribution in [-0.4, -0.2) is 55.9 Å².